The summed E-state index contributed by atoms with van der Waals surface area (Å²) in [6.07, 6.45) is 1.57. The van der Waals surface area contributed by atoms with Crippen molar-refractivity contribution in [1.29, 1.82) is 5.26 Å². The molecule has 0 aliphatic rings. The molecule has 18 heavy (non-hydrogen) atoms. The highest BCUT2D eigenvalue weighted by atomic mass is 127. The molecule has 0 radical (unpaired) electrons. The Morgan fingerprint density at radius 1 is 1.39 bits per heavy atom. The van der Waals surface area contributed by atoms with Crippen molar-refractivity contribution in [3.05, 3.63) is 45.2 Å². The summed E-state index contributed by atoms with van der Waals surface area (Å²) in [4.78, 5) is 4.14. The minimum absolute atomic E-state index is 0.371. The number of halogens is 1. The second-order valence-electron chi connectivity index (χ2n) is 3.82. The Morgan fingerprint density at radius 2 is 2.17 bits per heavy atom. The summed E-state index contributed by atoms with van der Waals surface area (Å²) in [5.74, 6) is 0.508. The van der Waals surface area contributed by atoms with Gasteiger partial charge in [0, 0.05) is 15.5 Å². The highest BCUT2D eigenvalue weighted by molar-refractivity contribution is 14.1. The summed E-state index contributed by atoms with van der Waals surface area (Å²) >= 11 is 2.27. The molecule has 0 aliphatic carbocycles. The Kier molecular flexibility index (Phi) is 3.67. The summed E-state index contributed by atoms with van der Waals surface area (Å²) in [7, 11) is 0. The van der Waals surface area contributed by atoms with Crippen LogP contribution in [0.25, 0.3) is 0 Å². The lowest BCUT2D eigenvalue weighted by molar-refractivity contribution is 1.29. The minimum atomic E-state index is 0.371. The van der Waals surface area contributed by atoms with Crippen LogP contribution in [0.15, 0.2) is 30.5 Å². The average Bonchev–Trinajstić information content (AvgIpc) is 2.36. The van der Waals surface area contributed by atoms with E-state index in [9.17, 15) is 0 Å². The van der Waals surface area contributed by atoms with Gasteiger partial charge in [0.25, 0.3) is 0 Å². The second kappa shape index (κ2) is 5.23. The van der Waals surface area contributed by atoms with Gasteiger partial charge in [0.2, 0.25) is 0 Å². The highest BCUT2D eigenvalue weighted by Gasteiger charge is 2.06. The largest absolute Gasteiger partial charge is 0.395 e. The van der Waals surface area contributed by atoms with Crippen molar-refractivity contribution in [3.63, 3.8) is 0 Å². The van der Waals surface area contributed by atoms with Gasteiger partial charge in [-0.3, -0.25) is 0 Å². The predicted octanol–water partition coefficient (Wildman–Crippen LogP) is 3.19. The van der Waals surface area contributed by atoms with E-state index in [1.165, 1.54) is 5.56 Å². The van der Waals surface area contributed by atoms with Gasteiger partial charge in [0.1, 0.15) is 6.07 Å². The summed E-state index contributed by atoms with van der Waals surface area (Å²) in [6, 6.07) is 9.62. The molecule has 0 fully saturated rings. The number of rotatable bonds is 2. The van der Waals surface area contributed by atoms with Gasteiger partial charge in [0.15, 0.2) is 5.82 Å². The number of hydrogen-bond acceptors (Lipinski definition) is 4. The van der Waals surface area contributed by atoms with E-state index in [-0.39, 0.29) is 0 Å². The normalized spacial score (nSPS) is 9.83. The first kappa shape index (κ1) is 12.6. The average molecular weight is 350 g/mol. The fraction of sp³-hybridized carbons (Fsp3) is 0.0769. The van der Waals surface area contributed by atoms with Crippen LogP contribution in [0.1, 0.15) is 11.1 Å². The van der Waals surface area contributed by atoms with E-state index in [1.54, 1.807) is 12.3 Å². The van der Waals surface area contributed by atoms with Crippen LogP contribution in [0.2, 0.25) is 0 Å². The first-order chi connectivity index (χ1) is 8.61. The lowest BCUT2D eigenvalue weighted by atomic mass is 10.2. The predicted molar refractivity (Wildman–Crippen MR) is 80.5 cm³/mol. The Morgan fingerprint density at radius 3 is 2.83 bits per heavy atom. The minimum Gasteiger partial charge on any atom is -0.395 e. The Bertz CT molecular complexity index is 631. The number of nitrogens with two attached hydrogens (primary N) is 1. The zero-order valence-corrected chi connectivity index (χ0v) is 11.9. The van der Waals surface area contributed by atoms with Gasteiger partial charge in [-0.2, -0.15) is 5.26 Å². The van der Waals surface area contributed by atoms with Crippen molar-refractivity contribution >= 4 is 39.8 Å². The summed E-state index contributed by atoms with van der Waals surface area (Å²) in [5, 5.41) is 12.0. The summed E-state index contributed by atoms with van der Waals surface area (Å²) in [5.41, 5.74) is 8.77. The van der Waals surface area contributed by atoms with Gasteiger partial charge >= 0.3 is 0 Å². The maximum absolute atomic E-state index is 8.90. The molecule has 1 aromatic heterocycles. The van der Waals surface area contributed by atoms with E-state index in [1.807, 2.05) is 24.3 Å². The van der Waals surface area contributed by atoms with Gasteiger partial charge in [0.05, 0.1) is 11.3 Å². The van der Waals surface area contributed by atoms with Crippen LogP contribution >= 0.6 is 22.6 Å². The summed E-state index contributed by atoms with van der Waals surface area (Å²) < 4.78 is 1.16. The third-order valence-corrected chi connectivity index (χ3v) is 3.71. The van der Waals surface area contributed by atoms with Gasteiger partial charge in [-0.1, -0.05) is 6.07 Å². The van der Waals surface area contributed by atoms with Crippen molar-refractivity contribution in [1.82, 2.24) is 4.98 Å². The topological polar surface area (TPSA) is 74.7 Å². The molecule has 0 aliphatic heterocycles. The number of aromatic nitrogens is 1. The molecule has 2 rings (SSSR count). The Balaban J connectivity index is 2.35. The Hall–Kier alpha value is -1.81. The number of hydrogen-bond donors (Lipinski definition) is 2. The molecule has 90 valence electrons. The van der Waals surface area contributed by atoms with Crippen molar-refractivity contribution < 1.29 is 0 Å². The molecular formula is C13H11IN4. The van der Waals surface area contributed by atoms with Crippen LogP contribution in [0.3, 0.4) is 0 Å². The van der Waals surface area contributed by atoms with Gasteiger partial charge in [-0.15, -0.1) is 0 Å². The number of pyridine rings is 1. The third kappa shape index (κ3) is 2.54. The van der Waals surface area contributed by atoms with Crippen molar-refractivity contribution in [2.24, 2.45) is 0 Å². The van der Waals surface area contributed by atoms with Crippen LogP contribution < -0.4 is 11.1 Å². The SMILES string of the molecule is Cc1ccc(Nc2nccc(C#N)c2N)cc1I. The summed E-state index contributed by atoms with van der Waals surface area (Å²) in [6.45, 7) is 2.05. The molecule has 0 saturated carbocycles. The van der Waals surface area contributed by atoms with Gasteiger partial charge in [-0.25, -0.2) is 4.98 Å². The number of anilines is 3. The van der Waals surface area contributed by atoms with Crippen LogP contribution in [-0.2, 0) is 0 Å². The van der Waals surface area contributed by atoms with E-state index < -0.39 is 0 Å². The number of nitrogens with zero attached hydrogens (tertiary/aromatic N) is 2. The van der Waals surface area contributed by atoms with Crippen LogP contribution in [0, 0.1) is 21.8 Å². The maximum atomic E-state index is 8.90. The zero-order valence-electron chi connectivity index (χ0n) is 9.74. The number of benzene rings is 1. The molecule has 0 unspecified atom stereocenters. The van der Waals surface area contributed by atoms with Gasteiger partial charge < -0.3 is 11.1 Å². The first-order valence-electron chi connectivity index (χ1n) is 5.29. The molecule has 0 spiro atoms. The second-order valence-corrected chi connectivity index (χ2v) is 4.98. The van der Waals surface area contributed by atoms with E-state index in [0.29, 0.717) is 17.1 Å². The van der Waals surface area contributed by atoms with E-state index in [2.05, 4.69) is 39.8 Å². The van der Waals surface area contributed by atoms with E-state index in [0.717, 1.165) is 9.26 Å². The third-order valence-electron chi connectivity index (χ3n) is 2.55. The molecule has 3 N–H and O–H groups in total. The van der Waals surface area contributed by atoms with E-state index in [4.69, 9.17) is 11.0 Å². The quantitative estimate of drug-likeness (QED) is 0.816. The maximum Gasteiger partial charge on any atom is 0.154 e. The fourth-order valence-electron chi connectivity index (χ4n) is 1.48. The monoisotopic (exact) mass is 350 g/mol. The number of nitrogen functional groups attached to an aromatic ring is 1. The molecule has 1 aromatic carbocycles. The van der Waals surface area contributed by atoms with Gasteiger partial charge in [-0.05, 0) is 53.3 Å². The molecule has 0 atom stereocenters. The molecule has 1 heterocycles. The highest BCUT2D eigenvalue weighted by Crippen LogP contribution is 2.25. The smallest absolute Gasteiger partial charge is 0.154 e. The standard InChI is InChI=1S/C13H11IN4/c1-8-2-3-10(6-11(8)14)18-13-12(16)9(7-15)4-5-17-13/h2-6H,16H2,1H3,(H,17,18). The van der Waals surface area contributed by atoms with Crippen LogP contribution in [-0.4, -0.2) is 4.98 Å². The van der Waals surface area contributed by atoms with E-state index >= 15 is 0 Å². The molecule has 0 saturated heterocycles. The molecule has 4 nitrogen and oxygen atoms in total. The molecule has 5 heteroatoms. The molecule has 0 amide bonds. The Labute approximate surface area is 119 Å². The number of aryl methyl sites for hydroxylation is 1. The molecule has 2 aromatic rings. The van der Waals surface area contributed by atoms with Crippen molar-refractivity contribution in [2.45, 2.75) is 6.92 Å². The van der Waals surface area contributed by atoms with Crippen LogP contribution in [0.4, 0.5) is 17.2 Å². The molecular weight excluding hydrogens is 339 g/mol. The zero-order chi connectivity index (χ0) is 13.1. The molecule has 0 bridgehead atoms. The van der Waals surface area contributed by atoms with Crippen LogP contribution in [0.5, 0.6) is 0 Å². The number of nitrogens with one attached hydrogen (secondary N) is 1. The van der Waals surface area contributed by atoms with Crippen molar-refractivity contribution in [2.75, 3.05) is 11.1 Å². The lowest BCUT2D eigenvalue weighted by Crippen LogP contribution is -2.01. The first-order valence-corrected chi connectivity index (χ1v) is 6.37. The van der Waals surface area contributed by atoms with Crippen molar-refractivity contribution in [3.8, 4) is 6.07 Å². The fourth-order valence-corrected chi connectivity index (χ4v) is 1.99. The number of nitriles is 1. The lowest BCUT2D eigenvalue weighted by Gasteiger charge is -2.10.